The number of hydrogen-bond donors (Lipinski definition) is 2. The van der Waals surface area contributed by atoms with Crippen LogP contribution in [0, 0.1) is 12.3 Å². The molecule has 2 aromatic carbocycles. The van der Waals surface area contributed by atoms with Gasteiger partial charge in [-0.2, -0.15) is 4.72 Å². The Hall–Kier alpha value is -3.28. The first kappa shape index (κ1) is 21.4. The summed E-state index contributed by atoms with van der Waals surface area (Å²) in [5.41, 5.74) is 0.952. The van der Waals surface area contributed by atoms with Gasteiger partial charge in [0.05, 0.1) is 24.1 Å². The van der Waals surface area contributed by atoms with Crippen LogP contribution >= 0.6 is 0 Å². The summed E-state index contributed by atoms with van der Waals surface area (Å²) in [6.07, 6.45) is 5.08. The molecule has 30 heavy (non-hydrogen) atoms. The molecule has 3 aromatic rings. The molecule has 1 aromatic heterocycles. The van der Waals surface area contributed by atoms with Gasteiger partial charge in [0.25, 0.3) is 5.91 Å². The third-order valence-corrected chi connectivity index (χ3v) is 5.81. The largest absolute Gasteiger partial charge is 0.490 e. The first-order valence-corrected chi connectivity index (χ1v) is 10.8. The van der Waals surface area contributed by atoms with Gasteiger partial charge in [-0.15, -0.1) is 6.42 Å². The summed E-state index contributed by atoms with van der Waals surface area (Å²) < 4.78 is 37.9. The van der Waals surface area contributed by atoms with Crippen molar-refractivity contribution in [2.45, 2.75) is 24.8 Å². The van der Waals surface area contributed by atoms with Crippen LogP contribution in [0.25, 0.3) is 11.0 Å². The average molecular weight is 426 g/mol. The molecule has 7 nitrogen and oxygen atoms in total. The number of carbonyl (C=O) groups is 1. The van der Waals surface area contributed by atoms with E-state index in [1.54, 1.807) is 6.92 Å². The fourth-order valence-electron chi connectivity index (χ4n) is 2.90. The second-order valence-electron chi connectivity index (χ2n) is 6.50. The number of rotatable bonds is 8. The van der Waals surface area contributed by atoms with E-state index >= 15 is 0 Å². The highest BCUT2D eigenvalue weighted by Crippen LogP contribution is 2.31. The molecule has 0 bridgehead atoms. The smallest absolute Gasteiger partial charge is 0.251 e. The Kier molecular flexibility index (Phi) is 6.45. The van der Waals surface area contributed by atoms with Crippen molar-refractivity contribution >= 4 is 26.9 Å². The summed E-state index contributed by atoms with van der Waals surface area (Å²) in [5.74, 6) is 3.09. The van der Waals surface area contributed by atoms with Crippen molar-refractivity contribution in [3.63, 3.8) is 0 Å². The number of fused-ring (bicyclic) bond motifs is 1. The summed E-state index contributed by atoms with van der Waals surface area (Å²) >= 11 is 0. The zero-order valence-electron chi connectivity index (χ0n) is 16.6. The maximum Gasteiger partial charge on any atom is 0.251 e. The molecular weight excluding hydrogens is 404 g/mol. The molecule has 0 aliphatic heterocycles. The number of carbonyl (C=O) groups excluding carboxylic acids is 1. The van der Waals surface area contributed by atoms with Crippen LogP contribution in [0.2, 0.25) is 0 Å². The molecule has 156 valence electrons. The molecule has 1 unspecified atom stereocenters. The lowest BCUT2D eigenvalue weighted by Gasteiger charge is -2.12. The van der Waals surface area contributed by atoms with Crippen molar-refractivity contribution in [3.8, 4) is 18.1 Å². The predicted molar refractivity (Wildman–Crippen MR) is 114 cm³/mol. The Morgan fingerprint density at radius 3 is 2.63 bits per heavy atom. The van der Waals surface area contributed by atoms with E-state index in [-0.39, 0.29) is 17.3 Å². The van der Waals surface area contributed by atoms with Crippen LogP contribution in [0.15, 0.2) is 57.8 Å². The SMILES string of the molecule is C#CCNS(=O)(=O)c1ccc(C(=O)NC(C)c2cc3cccc(OCC)c3o2)cc1. The second kappa shape index (κ2) is 9.03. The topological polar surface area (TPSA) is 97.6 Å². The van der Waals surface area contributed by atoms with E-state index in [9.17, 15) is 13.2 Å². The van der Waals surface area contributed by atoms with Gasteiger partial charge in [-0.1, -0.05) is 18.1 Å². The molecule has 1 amide bonds. The average Bonchev–Trinajstić information content (AvgIpc) is 3.18. The van der Waals surface area contributed by atoms with Gasteiger partial charge in [0.1, 0.15) is 5.76 Å². The minimum atomic E-state index is -3.71. The Balaban J connectivity index is 1.74. The van der Waals surface area contributed by atoms with Gasteiger partial charge < -0.3 is 14.5 Å². The monoisotopic (exact) mass is 426 g/mol. The minimum absolute atomic E-state index is 0.0306. The number of ether oxygens (including phenoxy) is 1. The van der Waals surface area contributed by atoms with Gasteiger partial charge in [-0.25, -0.2) is 8.42 Å². The maximum atomic E-state index is 12.6. The number of sulfonamides is 1. The van der Waals surface area contributed by atoms with Crippen LogP contribution < -0.4 is 14.8 Å². The zero-order valence-corrected chi connectivity index (χ0v) is 17.5. The summed E-state index contributed by atoms with van der Waals surface area (Å²) in [4.78, 5) is 12.6. The van der Waals surface area contributed by atoms with Gasteiger partial charge in [-0.05, 0) is 50.2 Å². The van der Waals surface area contributed by atoms with Crippen LogP contribution in [0.5, 0.6) is 5.75 Å². The molecule has 3 rings (SSSR count). The molecule has 0 fully saturated rings. The Morgan fingerprint density at radius 1 is 1.23 bits per heavy atom. The predicted octanol–water partition coefficient (Wildman–Crippen LogP) is 3.23. The highest BCUT2D eigenvalue weighted by Gasteiger charge is 2.18. The maximum absolute atomic E-state index is 12.6. The lowest BCUT2D eigenvalue weighted by molar-refractivity contribution is 0.0935. The van der Waals surface area contributed by atoms with Crippen molar-refractivity contribution in [1.82, 2.24) is 10.0 Å². The number of amides is 1. The van der Waals surface area contributed by atoms with Gasteiger partial charge >= 0.3 is 0 Å². The van der Waals surface area contributed by atoms with E-state index in [4.69, 9.17) is 15.6 Å². The second-order valence-corrected chi connectivity index (χ2v) is 8.27. The summed E-state index contributed by atoms with van der Waals surface area (Å²) in [5, 5.41) is 3.73. The first-order chi connectivity index (χ1) is 14.4. The van der Waals surface area contributed by atoms with Crippen LogP contribution in [-0.4, -0.2) is 27.5 Å². The number of benzene rings is 2. The molecule has 0 aliphatic carbocycles. The third kappa shape index (κ3) is 4.64. The molecule has 0 spiro atoms. The van der Waals surface area contributed by atoms with Crippen LogP contribution in [0.1, 0.15) is 36.0 Å². The van der Waals surface area contributed by atoms with E-state index in [1.165, 1.54) is 24.3 Å². The zero-order chi connectivity index (χ0) is 21.7. The van der Waals surface area contributed by atoms with Crippen LogP contribution in [0.4, 0.5) is 0 Å². The van der Waals surface area contributed by atoms with Crippen LogP contribution in [-0.2, 0) is 10.0 Å². The Labute approximate surface area is 175 Å². The van der Waals surface area contributed by atoms with E-state index < -0.39 is 16.1 Å². The molecule has 2 N–H and O–H groups in total. The van der Waals surface area contributed by atoms with Gasteiger partial charge in [0.2, 0.25) is 10.0 Å². The van der Waals surface area contributed by atoms with Crippen LogP contribution in [0.3, 0.4) is 0 Å². The Bertz CT molecular complexity index is 1190. The first-order valence-electron chi connectivity index (χ1n) is 9.35. The summed E-state index contributed by atoms with van der Waals surface area (Å²) in [6.45, 7) is 4.11. The molecule has 0 saturated carbocycles. The minimum Gasteiger partial charge on any atom is -0.490 e. The highest BCUT2D eigenvalue weighted by molar-refractivity contribution is 7.89. The fourth-order valence-corrected chi connectivity index (χ4v) is 3.83. The number of hydrogen-bond acceptors (Lipinski definition) is 5. The molecule has 1 heterocycles. The molecular formula is C22H22N2O5S. The molecule has 0 aliphatic rings. The standard InChI is InChI=1S/C22H22N2O5S/c1-4-13-23-30(26,27)18-11-9-16(10-12-18)22(25)24-15(3)20-14-17-7-6-8-19(28-5-2)21(17)29-20/h1,6-12,14-15,23H,5,13H2,2-3H3,(H,24,25). The van der Waals surface area contributed by atoms with Crippen molar-refractivity contribution < 1.29 is 22.4 Å². The number of furan rings is 1. The molecule has 0 saturated heterocycles. The lowest BCUT2D eigenvalue weighted by atomic mass is 10.1. The van der Waals surface area contributed by atoms with Crippen molar-refractivity contribution in [3.05, 3.63) is 59.9 Å². The van der Waals surface area contributed by atoms with Crippen molar-refractivity contribution in [2.24, 2.45) is 0 Å². The normalized spacial score (nSPS) is 12.3. The Morgan fingerprint density at radius 2 is 1.97 bits per heavy atom. The quantitative estimate of drug-likeness (QED) is 0.539. The number of para-hydroxylation sites is 1. The van der Waals surface area contributed by atoms with Gasteiger partial charge in [-0.3, -0.25) is 4.79 Å². The van der Waals surface area contributed by atoms with Crippen molar-refractivity contribution in [1.29, 1.82) is 0 Å². The molecule has 8 heteroatoms. The van der Waals surface area contributed by atoms with E-state index in [0.717, 1.165) is 5.39 Å². The van der Waals surface area contributed by atoms with Gasteiger partial charge in [0, 0.05) is 10.9 Å². The highest BCUT2D eigenvalue weighted by atomic mass is 32.2. The lowest BCUT2D eigenvalue weighted by Crippen LogP contribution is -2.27. The third-order valence-electron chi connectivity index (χ3n) is 4.39. The van der Waals surface area contributed by atoms with E-state index in [0.29, 0.717) is 29.3 Å². The number of nitrogens with one attached hydrogen (secondary N) is 2. The van der Waals surface area contributed by atoms with Gasteiger partial charge in [0.15, 0.2) is 11.3 Å². The summed E-state index contributed by atoms with van der Waals surface area (Å²) in [6, 6.07) is 12.7. The number of terminal acetylenes is 1. The molecule has 1 atom stereocenters. The molecule has 0 radical (unpaired) electrons. The van der Waals surface area contributed by atoms with E-state index in [1.807, 2.05) is 31.2 Å². The fraction of sp³-hybridized carbons (Fsp3) is 0.227. The summed E-state index contributed by atoms with van der Waals surface area (Å²) in [7, 11) is -3.71. The van der Waals surface area contributed by atoms with Crippen molar-refractivity contribution in [2.75, 3.05) is 13.2 Å². The van der Waals surface area contributed by atoms with E-state index in [2.05, 4.69) is 16.0 Å².